The van der Waals surface area contributed by atoms with Crippen LogP contribution in [0.1, 0.15) is 35.0 Å². The molecule has 0 saturated carbocycles. The number of rotatable bonds is 8. The minimum absolute atomic E-state index is 0.0692. The van der Waals surface area contributed by atoms with Crippen LogP contribution in [-0.2, 0) is 27.9 Å². The Bertz CT molecular complexity index is 1360. The number of fused-ring (bicyclic) bond motifs is 1. The van der Waals surface area contributed by atoms with Crippen LogP contribution in [0.25, 0.3) is 0 Å². The molecule has 0 bridgehead atoms. The van der Waals surface area contributed by atoms with Gasteiger partial charge in [-0.05, 0) is 54.3 Å². The summed E-state index contributed by atoms with van der Waals surface area (Å²) >= 11 is 12.3. The number of nitrogens with one attached hydrogen (secondary N) is 1. The zero-order valence-corrected chi connectivity index (χ0v) is 24.2. The van der Waals surface area contributed by atoms with Gasteiger partial charge in [-0.2, -0.15) is 0 Å². The van der Waals surface area contributed by atoms with Gasteiger partial charge in [0.25, 0.3) is 10.0 Å². The Balaban J connectivity index is 1.90. The van der Waals surface area contributed by atoms with Gasteiger partial charge in [-0.25, -0.2) is 26.9 Å². The number of benzene rings is 2. The molecule has 1 N–H and O–H groups in total. The Kier molecular flexibility index (Phi) is 8.47. The molecule has 1 aliphatic rings. The van der Waals surface area contributed by atoms with E-state index in [4.69, 9.17) is 27.9 Å². The molecule has 1 aromatic heterocycles. The van der Waals surface area contributed by atoms with Crippen LogP contribution < -0.4 is 4.72 Å². The fraction of sp³-hybridized carbons (Fsp3) is 0.400. The number of hydrogen-bond donors (Lipinski definition) is 1. The minimum atomic E-state index is -3.86. The van der Waals surface area contributed by atoms with Crippen LogP contribution in [0.3, 0.4) is 0 Å². The minimum Gasteiger partial charge on any atom is -0.361 e. The Morgan fingerprint density at radius 3 is 2.22 bits per heavy atom. The van der Waals surface area contributed by atoms with Gasteiger partial charge in [-0.1, -0.05) is 55.0 Å². The van der Waals surface area contributed by atoms with Crippen molar-refractivity contribution in [2.75, 3.05) is 13.2 Å². The van der Waals surface area contributed by atoms with Crippen molar-refractivity contribution in [3.63, 3.8) is 0 Å². The van der Waals surface area contributed by atoms with Crippen LogP contribution in [0.2, 0.25) is 35.7 Å². The summed E-state index contributed by atoms with van der Waals surface area (Å²) in [7, 11) is -5.22. The molecule has 6 nitrogen and oxygen atoms in total. The largest absolute Gasteiger partial charge is 0.361 e. The van der Waals surface area contributed by atoms with Crippen molar-refractivity contribution in [3.05, 3.63) is 80.7 Å². The van der Waals surface area contributed by atoms with E-state index in [0.29, 0.717) is 48.6 Å². The van der Waals surface area contributed by atoms with Gasteiger partial charge in [0.2, 0.25) is 0 Å². The first-order valence-corrected chi connectivity index (χ1v) is 17.9. The highest BCUT2D eigenvalue weighted by atomic mass is 35.5. The van der Waals surface area contributed by atoms with Crippen LogP contribution >= 0.6 is 23.2 Å². The Morgan fingerprint density at radius 2 is 1.68 bits per heavy atom. The lowest BCUT2D eigenvalue weighted by Crippen LogP contribution is -2.23. The molecule has 2 aromatic carbocycles. The predicted octanol–water partition coefficient (Wildman–Crippen LogP) is 6.19. The van der Waals surface area contributed by atoms with E-state index >= 15 is 0 Å². The molecule has 37 heavy (non-hydrogen) atoms. The SMILES string of the molecule is C[Si](C)(C)CCOCn1c(C(c2ccc(F)c(Cl)c2)c2ccc(F)c(Cl)c2)nc2c1CCCNS2(=O)=O. The molecular formula is C25H29Cl2F2N3O3SSi. The highest BCUT2D eigenvalue weighted by Gasteiger charge is 2.33. The maximum absolute atomic E-state index is 14.1. The van der Waals surface area contributed by atoms with Crippen LogP contribution in [0, 0.1) is 11.6 Å². The predicted molar refractivity (Wildman–Crippen MR) is 144 cm³/mol. The third kappa shape index (κ3) is 6.43. The standard InChI is InChI=1S/C25H29Cl2F2N3O3SSi/c1-37(2,3)12-11-35-15-32-22-5-4-10-30-36(33,34)25(22)31-24(32)23(16-6-8-20(28)18(26)13-16)17-7-9-21(29)19(27)14-17/h6-9,13-14,23,30H,4-5,10-12,15H2,1-3H3. The fourth-order valence-corrected chi connectivity index (χ4v) is 6.66. The highest BCUT2D eigenvalue weighted by molar-refractivity contribution is 7.89. The van der Waals surface area contributed by atoms with Crippen molar-refractivity contribution in [2.45, 2.75) is 56.2 Å². The summed E-state index contributed by atoms with van der Waals surface area (Å²) in [6.45, 7) is 7.64. The van der Waals surface area contributed by atoms with E-state index in [0.717, 1.165) is 6.04 Å². The molecule has 0 aliphatic carbocycles. The van der Waals surface area contributed by atoms with Gasteiger partial charge < -0.3 is 9.30 Å². The second-order valence-corrected chi connectivity index (χ2v) is 18.4. The van der Waals surface area contributed by atoms with Crippen molar-refractivity contribution >= 4 is 41.3 Å². The van der Waals surface area contributed by atoms with Crippen LogP contribution in [0.5, 0.6) is 0 Å². The molecule has 0 saturated heterocycles. The second-order valence-electron chi connectivity index (χ2n) is 10.3. The van der Waals surface area contributed by atoms with Gasteiger partial charge in [0.15, 0.2) is 5.03 Å². The molecule has 0 radical (unpaired) electrons. The second kappa shape index (κ2) is 11.1. The normalized spacial score (nSPS) is 15.6. The number of imidazole rings is 1. The van der Waals surface area contributed by atoms with Gasteiger partial charge >= 0.3 is 0 Å². The van der Waals surface area contributed by atoms with Crippen molar-refractivity contribution in [3.8, 4) is 0 Å². The molecular weight excluding hydrogens is 559 g/mol. The summed E-state index contributed by atoms with van der Waals surface area (Å²) < 4.78 is 64.6. The summed E-state index contributed by atoms with van der Waals surface area (Å²) in [6, 6.07) is 9.42. The van der Waals surface area contributed by atoms with E-state index in [2.05, 4.69) is 29.3 Å². The number of nitrogens with zero attached hydrogens (tertiary/aromatic N) is 2. The topological polar surface area (TPSA) is 73.2 Å². The summed E-state index contributed by atoms with van der Waals surface area (Å²) in [6.07, 6.45) is 1.05. The molecule has 0 atom stereocenters. The average Bonchev–Trinajstić information content (AvgIpc) is 3.10. The number of aromatic nitrogens is 2. The van der Waals surface area contributed by atoms with Gasteiger partial charge in [0.1, 0.15) is 24.2 Å². The van der Waals surface area contributed by atoms with Gasteiger partial charge in [-0.3, -0.25) is 0 Å². The Labute approximate surface area is 227 Å². The number of halogens is 4. The fourth-order valence-electron chi connectivity index (χ4n) is 4.24. The number of ether oxygens (including phenoxy) is 1. The third-order valence-corrected chi connectivity index (χ3v) is 9.93. The molecule has 2 heterocycles. The van der Waals surface area contributed by atoms with E-state index in [1.807, 2.05) is 0 Å². The van der Waals surface area contributed by atoms with Crippen LogP contribution in [-0.4, -0.2) is 39.2 Å². The van der Waals surface area contributed by atoms with E-state index < -0.39 is 35.6 Å². The molecule has 3 aromatic rings. The van der Waals surface area contributed by atoms with Crippen LogP contribution in [0.4, 0.5) is 8.78 Å². The molecule has 12 heteroatoms. The van der Waals surface area contributed by atoms with E-state index in [1.54, 1.807) is 16.7 Å². The van der Waals surface area contributed by atoms with E-state index in [1.165, 1.54) is 24.3 Å². The first kappa shape index (κ1) is 28.2. The smallest absolute Gasteiger partial charge is 0.259 e. The lowest BCUT2D eigenvalue weighted by molar-refractivity contribution is 0.0829. The first-order valence-electron chi connectivity index (χ1n) is 11.9. The zero-order chi connectivity index (χ0) is 27.0. The average molecular weight is 589 g/mol. The summed E-state index contributed by atoms with van der Waals surface area (Å²) in [4.78, 5) is 4.62. The third-order valence-electron chi connectivity index (χ3n) is 6.23. The molecule has 1 aliphatic heterocycles. The maximum Gasteiger partial charge on any atom is 0.259 e. The van der Waals surface area contributed by atoms with Crippen molar-refractivity contribution in [1.29, 1.82) is 0 Å². The summed E-state index contributed by atoms with van der Waals surface area (Å²) in [5.74, 6) is -1.56. The zero-order valence-electron chi connectivity index (χ0n) is 20.8. The Hall–Kier alpha value is -1.82. The number of hydrogen-bond acceptors (Lipinski definition) is 4. The van der Waals surface area contributed by atoms with Crippen LogP contribution in [0.15, 0.2) is 41.4 Å². The highest BCUT2D eigenvalue weighted by Crippen LogP contribution is 2.37. The molecule has 0 fully saturated rings. The van der Waals surface area contributed by atoms with Crippen molar-refractivity contribution in [2.24, 2.45) is 0 Å². The molecule has 0 spiro atoms. The number of sulfonamides is 1. The van der Waals surface area contributed by atoms with Crippen molar-refractivity contribution in [1.82, 2.24) is 14.3 Å². The summed E-state index contributed by atoms with van der Waals surface area (Å²) in [5, 5.41) is -0.271. The molecule has 4 rings (SSSR count). The molecule has 0 unspecified atom stereocenters. The van der Waals surface area contributed by atoms with E-state index in [-0.39, 0.29) is 21.8 Å². The van der Waals surface area contributed by atoms with Gasteiger partial charge in [0, 0.05) is 21.2 Å². The van der Waals surface area contributed by atoms with Gasteiger partial charge in [0.05, 0.1) is 21.7 Å². The monoisotopic (exact) mass is 587 g/mol. The Morgan fingerprint density at radius 1 is 1.08 bits per heavy atom. The van der Waals surface area contributed by atoms with Crippen molar-refractivity contribution < 1.29 is 21.9 Å². The van der Waals surface area contributed by atoms with Gasteiger partial charge in [-0.15, -0.1) is 0 Å². The lowest BCUT2D eigenvalue weighted by atomic mass is 9.90. The molecule has 0 amide bonds. The quantitative estimate of drug-likeness (QED) is 0.252. The maximum atomic E-state index is 14.1. The first-order chi connectivity index (χ1) is 17.4. The lowest BCUT2D eigenvalue weighted by Gasteiger charge is -2.22. The van der Waals surface area contributed by atoms with E-state index in [9.17, 15) is 17.2 Å². The summed E-state index contributed by atoms with van der Waals surface area (Å²) in [5.41, 5.74) is 1.62. The molecule has 200 valence electrons.